The number of Topliss-reactive ketones (excluding diaryl/α,β-unsaturated/α-hetero) is 1. The van der Waals surface area contributed by atoms with Crippen LogP contribution in [0.15, 0.2) is 29.4 Å². The largest absolute Gasteiger partial charge is 0.299 e. The second kappa shape index (κ2) is 5.22. The van der Waals surface area contributed by atoms with Crippen molar-refractivity contribution < 1.29 is 4.79 Å². The first-order valence-corrected chi connectivity index (χ1v) is 5.81. The highest BCUT2D eigenvalue weighted by molar-refractivity contribution is 8.76. The van der Waals surface area contributed by atoms with Gasteiger partial charge in [-0.2, -0.15) is 0 Å². The van der Waals surface area contributed by atoms with Gasteiger partial charge in [0.25, 0.3) is 0 Å². The summed E-state index contributed by atoms with van der Waals surface area (Å²) >= 11 is 0. The van der Waals surface area contributed by atoms with Crippen LogP contribution in [0.5, 0.6) is 0 Å². The van der Waals surface area contributed by atoms with Crippen LogP contribution in [0, 0.1) is 0 Å². The van der Waals surface area contributed by atoms with E-state index in [2.05, 4.69) is 4.98 Å². The highest BCUT2D eigenvalue weighted by atomic mass is 33.1. The van der Waals surface area contributed by atoms with Gasteiger partial charge in [0.05, 0.1) is 5.75 Å². The van der Waals surface area contributed by atoms with Crippen LogP contribution in [0.25, 0.3) is 0 Å². The van der Waals surface area contributed by atoms with Crippen molar-refractivity contribution in [3.63, 3.8) is 0 Å². The first-order valence-electron chi connectivity index (χ1n) is 3.49. The average molecular weight is 199 g/mol. The molecule has 1 heterocycles. The van der Waals surface area contributed by atoms with Crippen LogP contribution >= 0.6 is 21.6 Å². The Hall–Kier alpha value is -0.480. The average Bonchev–Trinajstić information content (AvgIpc) is 2.05. The maximum absolute atomic E-state index is 10.6. The molecule has 0 fully saturated rings. The zero-order valence-corrected chi connectivity index (χ0v) is 8.32. The molecule has 0 saturated carbocycles. The fourth-order valence-corrected chi connectivity index (χ4v) is 2.49. The second-order valence-electron chi connectivity index (χ2n) is 2.22. The van der Waals surface area contributed by atoms with Crippen LogP contribution in [-0.4, -0.2) is 16.5 Å². The molecule has 2 nitrogen and oxygen atoms in total. The lowest BCUT2D eigenvalue weighted by molar-refractivity contribution is -0.114. The molecule has 1 aromatic heterocycles. The quantitative estimate of drug-likeness (QED) is 0.697. The van der Waals surface area contributed by atoms with Crippen LogP contribution < -0.4 is 0 Å². The molecule has 12 heavy (non-hydrogen) atoms. The van der Waals surface area contributed by atoms with Crippen molar-refractivity contribution in [3.05, 3.63) is 24.4 Å². The summed E-state index contributed by atoms with van der Waals surface area (Å²) in [4.78, 5) is 14.7. The topological polar surface area (TPSA) is 30.0 Å². The van der Waals surface area contributed by atoms with E-state index in [9.17, 15) is 4.79 Å². The van der Waals surface area contributed by atoms with E-state index in [4.69, 9.17) is 0 Å². The molecule has 1 aromatic rings. The van der Waals surface area contributed by atoms with Crippen molar-refractivity contribution in [3.8, 4) is 0 Å². The van der Waals surface area contributed by atoms with Gasteiger partial charge >= 0.3 is 0 Å². The van der Waals surface area contributed by atoms with Gasteiger partial charge in [0.1, 0.15) is 10.8 Å². The SMILES string of the molecule is CC(=O)CSSc1ccccn1. The van der Waals surface area contributed by atoms with Crippen molar-refractivity contribution in [2.75, 3.05) is 5.75 Å². The Morgan fingerprint density at radius 1 is 1.58 bits per heavy atom. The zero-order valence-electron chi connectivity index (χ0n) is 6.69. The molecular formula is C8H9NOS2. The summed E-state index contributed by atoms with van der Waals surface area (Å²) in [5.74, 6) is 0.741. The summed E-state index contributed by atoms with van der Waals surface area (Å²) in [6, 6.07) is 5.74. The third kappa shape index (κ3) is 3.78. The van der Waals surface area contributed by atoms with Gasteiger partial charge in [0, 0.05) is 6.20 Å². The summed E-state index contributed by atoms with van der Waals surface area (Å²) in [7, 11) is 3.05. The highest BCUT2D eigenvalue weighted by Crippen LogP contribution is 2.28. The molecular weight excluding hydrogens is 190 g/mol. The van der Waals surface area contributed by atoms with E-state index in [1.54, 1.807) is 13.1 Å². The molecule has 4 heteroatoms. The number of nitrogens with zero attached hydrogens (tertiary/aromatic N) is 1. The molecule has 0 unspecified atom stereocenters. The summed E-state index contributed by atoms with van der Waals surface area (Å²) < 4.78 is 0. The number of hydrogen-bond donors (Lipinski definition) is 0. The van der Waals surface area contributed by atoms with E-state index in [0.717, 1.165) is 5.03 Å². The predicted molar refractivity (Wildman–Crippen MR) is 53.2 cm³/mol. The van der Waals surface area contributed by atoms with E-state index >= 15 is 0 Å². The number of carbonyl (C=O) groups excluding carboxylic acids is 1. The molecule has 0 aliphatic carbocycles. The third-order valence-corrected chi connectivity index (χ3v) is 3.32. The standard InChI is InChI=1S/C8H9NOS2/c1-7(10)6-11-12-8-4-2-3-5-9-8/h2-5H,6H2,1H3. The maximum atomic E-state index is 10.6. The van der Waals surface area contributed by atoms with Gasteiger partial charge in [-0.15, -0.1) is 0 Å². The van der Waals surface area contributed by atoms with Crippen molar-refractivity contribution in [2.45, 2.75) is 11.9 Å². The number of hydrogen-bond acceptors (Lipinski definition) is 4. The Morgan fingerprint density at radius 2 is 2.42 bits per heavy atom. The van der Waals surface area contributed by atoms with Crippen molar-refractivity contribution in [1.29, 1.82) is 0 Å². The van der Waals surface area contributed by atoms with E-state index in [-0.39, 0.29) is 5.78 Å². The van der Waals surface area contributed by atoms with Gasteiger partial charge in [-0.05, 0) is 29.9 Å². The molecule has 0 radical (unpaired) electrons. The Kier molecular flexibility index (Phi) is 4.18. The predicted octanol–water partition coefficient (Wildman–Crippen LogP) is 2.41. The number of pyridine rings is 1. The first kappa shape index (κ1) is 9.61. The second-order valence-corrected chi connectivity index (χ2v) is 4.53. The van der Waals surface area contributed by atoms with E-state index in [0.29, 0.717) is 5.75 Å². The first-order chi connectivity index (χ1) is 5.79. The van der Waals surface area contributed by atoms with Gasteiger partial charge in [0.2, 0.25) is 0 Å². The lowest BCUT2D eigenvalue weighted by Crippen LogP contribution is -1.90. The van der Waals surface area contributed by atoms with E-state index < -0.39 is 0 Å². The lowest BCUT2D eigenvalue weighted by atomic mass is 10.5. The molecule has 0 spiro atoms. The highest BCUT2D eigenvalue weighted by Gasteiger charge is 1.96. The van der Waals surface area contributed by atoms with Crippen LogP contribution in [-0.2, 0) is 4.79 Å². The molecule has 1 rings (SSSR count). The third-order valence-electron chi connectivity index (χ3n) is 1.04. The molecule has 0 atom stereocenters. The molecule has 0 N–H and O–H groups in total. The molecule has 0 amide bonds. The number of rotatable bonds is 4. The summed E-state index contributed by atoms with van der Waals surface area (Å²) in [6.45, 7) is 1.59. The Balaban J connectivity index is 2.29. The Morgan fingerprint density at radius 3 is 3.00 bits per heavy atom. The van der Waals surface area contributed by atoms with Gasteiger partial charge < -0.3 is 0 Å². The molecule has 0 saturated heterocycles. The summed E-state index contributed by atoms with van der Waals surface area (Å²) in [5.41, 5.74) is 0. The minimum atomic E-state index is 0.198. The van der Waals surface area contributed by atoms with Crippen molar-refractivity contribution in [1.82, 2.24) is 4.98 Å². The monoisotopic (exact) mass is 199 g/mol. The number of ketones is 1. The van der Waals surface area contributed by atoms with Gasteiger partial charge in [-0.25, -0.2) is 4.98 Å². The van der Waals surface area contributed by atoms with Crippen LogP contribution in [0.2, 0.25) is 0 Å². The number of carbonyl (C=O) groups is 1. The van der Waals surface area contributed by atoms with Gasteiger partial charge in [0.15, 0.2) is 0 Å². The minimum absolute atomic E-state index is 0.198. The normalized spacial score (nSPS) is 9.75. The smallest absolute Gasteiger partial charge is 0.140 e. The fraction of sp³-hybridized carbons (Fsp3) is 0.250. The van der Waals surface area contributed by atoms with Crippen LogP contribution in [0.3, 0.4) is 0 Å². The van der Waals surface area contributed by atoms with Gasteiger partial charge in [-0.3, -0.25) is 4.79 Å². The van der Waals surface area contributed by atoms with E-state index in [1.165, 1.54) is 21.6 Å². The van der Waals surface area contributed by atoms with Crippen molar-refractivity contribution >= 4 is 27.4 Å². The molecule has 0 aromatic carbocycles. The Bertz CT molecular complexity index is 250. The number of aromatic nitrogens is 1. The molecule has 0 aliphatic heterocycles. The fourth-order valence-electron chi connectivity index (χ4n) is 0.569. The van der Waals surface area contributed by atoms with Gasteiger partial charge in [-0.1, -0.05) is 16.9 Å². The molecule has 64 valence electrons. The minimum Gasteiger partial charge on any atom is -0.299 e. The van der Waals surface area contributed by atoms with E-state index in [1.807, 2.05) is 18.2 Å². The van der Waals surface area contributed by atoms with Crippen LogP contribution in [0.4, 0.5) is 0 Å². The lowest BCUT2D eigenvalue weighted by Gasteiger charge is -1.95. The van der Waals surface area contributed by atoms with Crippen molar-refractivity contribution in [2.24, 2.45) is 0 Å². The zero-order chi connectivity index (χ0) is 8.81. The summed E-state index contributed by atoms with van der Waals surface area (Å²) in [6.07, 6.45) is 1.75. The van der Waals surface area contributed by atoms with Crippen LogP contribution in [0.1, 0.15) is 6.92 Å². The molecule has 0 bridgehead atoms. The summed E-state index contributed by atoms with van der Waals surface area (Å²) in [5, 5.41) is 0.948. The Labute approximate surface area is 79.6 Å². The maximum Gasteiger partial charge on any atom is 0.140 e. The molecule has 0 aliphatic rings.